The van der Waals surface area contributed by atoms with Gasteiger partial charge < -0.3 is 4.74 Å². The number of halogens is 1. The summed E-state index contributed by atoms with van der Waals surface area (Å²) in [5.74, 6) is 0.614. The lowest BCUT2D eigenvalue weighted by Gasteiger charge is -2.06. The summed E-state index contributed by atoms with van der Waals surface area (Å²) in [5, 5.41) is -0.667. The summed E-state index contributed by atoms with van der Waals surface area (Å²) in [5.41, 5.74) is 1.86. The van der Waals surface area contributed by atoms with Gasteiger partial charge in [-0.1, -0.05) is 0 Å². The predicted octanol–water partition coefficient (Wildman–Crippen LogP) is 2.98. The number of hydrogen-bond acceptors (Lipinski definition) is 4. The van der Waals surface area contributed by atoms with E-state index in [-0.39, 0.29) is 0 Å². The average molecular weight is 277 g/mol. The molecule has 0 N–H and O–H groups in total. The van der Waals surface area contributed by atoms with Crippen LogP contribution in [0.25, 0.3) is 11.4 Å². The molecule has 0 aliphatic carbocycles. The number of carbonyl (C=O) groups is 1. The average Bonchev–Trinajstić information content (AvgIpc) is 2.40. The topological polar surface area (TPSA) is 52.1 Å². The minimum absolute atomic E-state index is 0.452. The molecule has 5 heteroatoms. The number of esters is 1. The van der Waals surface area contributed by atoms with Gasteiger partial charge in [0.2, 0.25) is 0 Å². The molecule has 0 aliphatic rings. The van der Waals surface area contributed by atoms with E-state index >= 15 is 0 Å². The van der Waals surface area contributed by atoms with Crippen LogP contribution in [0, 0.1) is 6.92 Å². The fourth-order valence-electron chi connectivity index (χ4n) is 1.41. The zero-order chi connectivity index (χ0) is 13.8. The van der Waals surface area contributed by atoms with Gasteiger partial charge in [-0.2, -0.15) is 0 Å². The highest BCUT2D eigenvalue weighted by Crippen LogP contribution is 2.19. The first kappa shape index (κ1) is 13.5. The fraction of sp³-hybridized carbons (Fsp3) is 0.214. The van der Waals surface area contributed by atoms with Crippen LogP contribution in [0.1, 0.15) is 12.5 Å². The number of aromatic nitrogens is 2. The zero-order valence-electron chi connectivity index (χ0n) is 10.6. The molecule has 0 saturated heterocycles. The van der Waals surface area contributed by atoms with Crippen LogP contribution in [0.2, 0.25) is 0 Å². The van der Waals surface area contributed by atoms with Crippen LogP contribution in [0.3, 0.4) is 0 Å². The van der Waals surface area contributed by atoms with E-state index in [0.29, 0.717) is 11.6 Å². The SMILES string of the molecule is Cc1cnc(-c2ccc(OC(=O)[C@H](C)Cl)cc2)nc1. The third kappa shape index (κ3) is 3.51. The van der Waals surface area contributed by atoms with Crippen LogP contribution >= 0.6 is 11.6 Å². The Hall–Kier alpha value is -1.94. The Balaban J connectivity index is 2.14. The standard InChI is InChI=1S/C14H13ClN2O2/c1-9-7-16-13(17-8-9)11-3-5-12(6-4-11)19-14(18)10(2)15/h3-8,10H,1-2H3/t10-/m0/s1. The lowest BCUT2D eigenvalue weighted by Crippen LogP contribution is -2.17. The van der Waals surface area contributed by atoms with E-state index in [1.54, 1.807) is 43.6 Å². The molecule has 1 atom stereocenters. The van der Waals surface area contributed by atoms with Gasteiger partial charge in [0.15, 0.2) is 5.82 Å². The quantitative estimate of drug-likeness (QED) is 0.491. The normalized spacial score (nSPS) is 11.9. The summed E-state index contributed by atoms with van der Waals surface area (Å²) in [6.45, 7) is 3.50. The Morgan fingerprint density at radius 1 is 1.21 bits per heavy atom. The minimum Gasteiger partial charge on any atom is -0.425 e. The van der Waals surface area contributed by atoms with Crippen molar-refractivity contribution in [1.82, 2.24) is 9.97 Å². The molecule has 0 unspecified atom stereocenters. The van der Waals surface area contributed by atoms with Crippen molar-refractivity contribution in [3.63, 3.8) is 0 Å². The second-order valence-electron chi connectivity index (χ2n) is 4.15. The van der Waals surface area contributed by atoms with Gasteiger partial charge in [-0.15, -0.1) is 11.6 Å². The second kappa shape index (κ2) is 5.80. The molecule has 0 amide bonds. The fourth-order valence-corrected chi connectivity index (χ4v) is 1.46. The third-order valence-corrected chi connectivity index (χ3v) is 2.61. The van der Waals surface area contributed by atoms with Crippen molar-refractivity contribution in [2.45, 2.75) is 19.2 Å². The molecule has 0 aliphatic heterocycles. The molecule has 0 fully saturated rings. The highest BCUT2D eigenvalue weighted by atomic mass is 35.5. The van der Waals surface area contributed by atoms with Gasteiger partial charge in [0.1, 0.15) is 11.1 Å². The van der Waals surface area contributed by atoms with E-state index < -0.39 is 11.3 Å². The molecule has 2 aromatic rings. The minimum atomic E-state index is -0.667. The first-order chi connectivity index (χ1) is 9.06. The molecule has 1 aromatic carbocycles. The summed E-state index contributed by atoms with van der Waals surface area (Å²) in [4.78, 5) is 19.8. The molecule has 1 aromatic heterocycles. The number of alkyl halides is 1. The lowest BCUT2D eigenvalue weighted by atomic mass is 10.2. The molecule has 19 heavy (non-hydrogen) atoms. The van der Waals surface area contributed by atoms with Crippen molar-refractivity contribution in [3.05, 3.63) is 42.2 Å². The van der Waals surface area contributed by atoms with E-state index in [2.05, 4.69) is 9.97 Å². The van der Waals surface area contributed by atoms with Gasteiger partial charge in [-0.05, 0) is 43.7 Å². The summed E-state index contributed by atoms with van der Waals surface area (Å²) in [7, 11) is 0. The van der Waals surface area contributed by atoms with Crippen molar-refractivity contribution >= 4 is 17.6 Å². The number of ether oxygens (including phenoxy) is 1. The molecule has 0 spiro atoms. The van der Waals surface area contributed by atoms with E-state index in [9.17, 15) is 4.79 Å². The molecule has 98 valence electrons. The Labute approximate surface area is 116 Å². The number of nitrogens with zero attached hydrogens (tertiary/aromatic N) is 2. The monoisotopic (exact) mass is 276 g/mol. The second-order valence-corrected chi connectivity index (χ2v) is 4.80. The Morgan fingerprint density at radius 2 is 1.79 bits per heavy atom. The largest absolute Gasteiger partial charge is 0.425 e. The third-order valence-electron chi connectivity index (χ3n) is 2.44. The maximum atomic E-state index is 11.3. The van der Waals surface area contributed by atoms with Crippen molar-refractivity contribution in [1.29, 1.82) is 0 Å². The van der Waals surface area contributed by atoms with Crippen molar-refractivity contribution in [3.8, 4) is 17.1 Å². The number of aryl methyl sites for hydroxylation is 1. The number of hydrogen-bond donors (Lipinski definition) is 0. The Bertz CT molecular complexity index is 565. The molecule has 0 bridgehead atoms. The Kier molecular flexibility index (Phi) is 4.12. The van der Waals surface area contributed by atoms with Crippen LogP contribution < -0.4 is 4.74 Å². The van der Waals surface area contributed by atoms with Crippen molar-refractivity contribution < 1.29 is 9.53 Å². The maximum absolute atomic E-state index is 11.3. The molecule has 4 nitrogen and oxygen atoms in total. The van der Waals surface area contributed by atoms with E-state index in [1.165, 1.54) is 0 Å². The summed E-state index contributed by atoms with van der Waals surface area (Å²) >= 11 is 5.63. The molecular formula is C14H13ClN2O2. The van der Waals surface area contributed by atoms with Gasteiger partial charge in [0.25, 0.3) is 0 Å². The number of benzene rings is 1. The predicted molar refractivity (Wildman–Crippen MR) is 73.2 cm³/mol. The van der Waals surface area contributed by atoms with Crippen molar-refractivity contribution in [2.24, 2.45) is 0 Å². The molecular weight excluding hydrogens is 264 g/mol. The maximum Gasteiger partial charge on any atom is 0.329 e. The lowest BCUT2D eigenvalue weighted by molar-refractivity contribution is -0.133. The van der Waals surface area contributed by atoms with Gasteiger partial charge in [0, 0.05) is 18.0 Å². The van der Waals surface area contributed by atoms with Gasteiger partial charge in [0.05, 0.1) is 0 Å². The smallest absolute Gasteiger partial charge is 0.329 e. The van der Waals surface area contributed by atoms with Gasteiger partial charge >= 0.3 is 5.97 Å². The zero-order valence-corrected chi connectivity index (χ0v) is 11.4. The highest BCUT2D eigenvalue weighted by Gasteiger charge is 2.11. The molecule has 0 saturated carbocycles. The van der Waals surface area contributed by atoms with Crippen molar-refractivity contribution in [2.75, 3.05) is 0 Å². The molecule has 0 radical (unpaired) electrons. The Morgan fingerprint density at radius 3 is 2.32 bits per heavy atom. The summed E-state index contributed by atoms with van der Waals surface area (Å²) < 4.78 is 5.07. The van der Waals surface area contributed by atoms with E-state index in [4.69, 9.17) is 16.3 Å². The number of carbonyl (C=O) groups excluding carboxylic acids is 1. The summed E-state index contributed by atoms with van der Waals surface area (Å²) in [6.07, 6.45) is 3.51. The first-order valence-electron chi connectivity index (χ1n) is 5.81. The van der Waals surface area contributed by atoms with E-state index in [0.717, 1.165) is 11.1 Å². The summed E-state index contributed by atoms with van der Waals surface area (Å²) in [6, 6.07) is 6.98. The van der Waals surface area contributed by atoms with Crippen LogP contribution in [0.5, 0.6) is 5.75 Å². The first-order valence-corrected chi connectivity index (χ1v) is 6.25. The van der Waals surface area contributed by atoms with Gasteiger partial charge in [-0.3, -0.25) is 4.79 Å². The van der Waals surface area contributed by atoms with Crippen LogP contribution in [-0.4, -0.2) is 21.3 Å². The van der Waals surface area contributed by atoms with Crippen LogP contribution in [0.15, 0.2) is 36.7 Å². The van der Waals surface area contributed by atoms with Crippen LogP contribution in [0.4, 0.5) is 0 Å². The van der Waals surface area contributed by atoms with E-state index in [1.807, 2.05) is 6.92 Å². The molecule has 1 heterocycles. The van der Waals surface area contributed by atoms with Crippen LogP contribution in [-0.2, 0) is 4.79 Å². The molecule has 2 rings (SSSR count). The number of rotatable bonds is 3. The highest BCUT2D eigenvalue weighted by molar-refractivity contribution is 6.29. The van der Waals surface area contributed by atoms with Gasteiger partial charge in [-0.25, -0.2) is 9.97 Å².